The predicted molar refractivity (Wildman–Crippen MR) is 106 cm³/mol. The smallest absolute Gasteiger partial charge is 0.249 e. The van der Waals surface area contributed by atoms with Gasteiger partial charge >= 0.3 is 0 Å². The number of methoxy groups -OCH3 is 1. The van der Waals surface area contributed by atoms with Crippen LogP contribution in [0.4, 0.5) is 17.5 Å². The molecule has 0 aliphatic heterocycles. The highest BCUT2D eigenvalue weighted by Gasteiger charge is 2.04. The lowest BCUT2D eigenvalue weighted by molar-refractivity contribution is 0.331. The number of benzene rings is 2. The van der Waals surface area contributed by atoms with Gasteiger partial charge in [-0.05, 0) is 48.9 Å². The van der Waals surface area contributed by atoms with E-state index < -0.39 is 0 Å². The van der Waals surface area contributed by atoms with Crippen molar-refractivity contribution in [2.45, 2.75) is 6.92 Å². The summed E-state index contributed by atoms with van der Waals surface area (Å²) in [6.45, 7) is 3.03. The molecule has 3 aromatic rings. The maximum Gasteiger partial charge on any atom is 0.249 e. The van der Waals surface area contributed by atoms with Crippen molar-refractivity contribution in [1.82, 2.24) is 15.2 Å². The number of halogens is 1. The van der Waals surface area contributed by atoms with Crippen molar-refractivity contribution < 1.29 is 9.47 Å². The van der Waals surface area contributed by atoms with E-state index in [1.165, 1.54) is 0 Å². The Hall–Kier alpha value is -3.06. The minimum atomic E-state index is 0.390. The molecular weight excluding hydrogens is 366 g/mol. The van der Waals surface area contributed by atoms with Crippen LogP contribution in [-0.2, 0) is 0 Å². The second-order valence-electron chi connectivity index (χ2n) is 5.70. The van der Waals surface area contributed by atoms with Crippen LogP contribution in [0.1, 0.15) is 5.56 Å². The van der Waals surface area contributed by atoms with E-state index in [1.54, 1.807) is 13.3 Å². The fourth-order valence-corrected chi connectivity index (χ4v) is 2.48. The Bertz CT molecular complexity index is 890. The van der Waals surface area contributed by atoms with Gasteiger partial charge < -0.3 is 20.1 Å². The first kappa shape index (κ1) is 18.7. The number of nitrogens with zero attached hydrogens (tertiary/aromatic N) is 3. The van der Waals surface area contributed by atoms with Crippen LogP contribution in [0.5, 0.6) is 11.5 Å². The van der Waals surface area contributed by atoms with Crippen LogP contribution in [0, 0.1) is 6.92 Å². The molecule has 2 N–H and O–H groups in total. The number of anilines is 3. The van der Waals surface area contributed by atoms with E-state index in [9.17, 15) is 0 Å². The molecule has 0 atom stereocenters. The first-order chi connectivity index (χ1) is 13.1. The summed E-state index contributed by atoms with van der Waals surface area (Å²) >= 11 is 6.04. The van der Waals surface area contributed by atoms with Crippen molar-refractivity contribution in [2.24, 2.45) is 0 Å². The Balaban J connectivity index is 1.52. The van der Waals surface area contributed by atoms with Crippen molar-refractivity contribution in [3.8, 4) is 11.5 Å². The molecule has 8 heteroatoms. The number of rotatable bonds is 8. The number of nitrogens with one attached hydrogen (secondary N) is 2. The summed E-state index contributed by atoms with van der Waals surface area (Å²) in [5, 5.41) is 14.9. The second-order valence-corrected chi connectivity index (χ2v) is 6.14. The van der Waals surface area contributed by atoms with Crippen LogP contribution in [0.15, 0.2) is 48.7 Å². The molecule has 3 rings (SSSR count). The SMILES string of the molecule is COc1ccc(OCCNc2cnnc(Nc3cc(Cl)ccc3C)n2)cc1. The zero-order chi connectivity index (χ0) is 19.1. The minimum Gasteiger partial charge on any atom is -0.497 e. The highest BCUT2D eigenvalue weighted by molar-refractivity contribution is 6.30. The van der Waals surface area contributed by atoms with Gasteiger partial charge in [0.25, 0.3) is 0 Å². The van der Waals surface area contributed by atoms with Crippen LogP contribution < -0.4 is 20.1 Å². The lowest BCUT2D eigenvalue weighted by Gasteiger charge is -2.10. The van der Waals surface area contributed by atoms with Gasteiger partial charge in [-0.2, -0.15) is 10.1 Å². The molecule has 0 aliphatic carbocycles. The Morgan fingerprint density at radius 1 is 1.07 bits per heavy atom. The third-order valence-electron chi connectivity index (χ3n) is 3.74. The predicted octanol–water partition coefficient (Wildman–Crippen LogP) is 4.08. The number of hydrogen-bond acceptors (Lipinski definition) is 7. The number of aromatic nitrogens is 3. The summed E-state index contributed by atoms with van der Waals surface area (Å²) in [6.07, 6.45) is 1.56. The van der Waals surface area contributed by atoms with Crippen molar-refractivity contribution in [2.75, 3.05) is 30.9 Å². The average molecular weight is 386 g/mol. The van der Waals surface area contributed by atoms with Gasteiger partial charge in [-0.1, -0.05) is 17.7 Å². The molecule has 0 saturated carbocycles. The maximum atomic E-state index is 6.04. The molecule has 0 aliphatic rings. The van der Waals surface area contributed by atoms with E-state index in [0.717, 1.165) is 22.7 Å². The third-order valence-corrected chi connectivity index (χ3v) is 3.98. The highest BCUT2D eigenvalue weighted by atomic mass is 35.5. The van der Waals surface area contributed by atoms with Crippen LogP contribution in [-0.4, -0.2) is 35.4 Å². The fraction of sp³-hybridized carbons (Fsp3) is 0.211. The van der Waals surface area contributed by atoms with Crippen molar-refractivity contribution >= 4 is 29.1 Å². The van der Waals surface area contributed by atoms with E-state index >= 15 is 0 Å². The van der Waals surface area contributed by atoms with Crippen LogP contribution >= 0.6 is 11.6 Å². The summed E-state index contributed by atoms with van der Waals surface area (Å²) in [5.41, 5.74) is 1.87. The Morgan fingerprint density at radius 2 is 1.85 bits per heavy atom. The van der Waals surface area contributed by atoms with Crippen molar-refractivity contribution in [1.29, 1.82) is 0 Å². The quantitative estimate of drug-likeness (QED) is 0.565. The van der Waals surface area contributed by atoms with E-state index in [-0.39, 0.29) is 0 Å². The summed E-state index contributed by atoms with van der Waals surface area (Å²) in [4.78, 5) is 4.40. The lowest BCUT2D eigenvalue weighted by Crippen LogP contribution is -2.13. The summed E-state index contributed by atoms with van der Waals surface area (Å²) < 4.78 is 10.8. The summed E-state index contributed by atoms with van der Waals surface area (Å²) in [7, 11) is 1.63. The first-order valence-corrected chi connectivity index (χ1v) is 8.75. The standard InChI is InChI=1S/C19H20ClN5O2/c1-13-3-4-14(20)11-17(13)23-19-24-18(12-22-25-19)21-9-10-27-16-7-5-15(26-2)6-8-16/h3-8,11-12H,9-10H2,1-2H3,(H2,21,23,24,25). The lowest BCUT2D eigenvalue weighted by atomic mass is 10.2. The number of ether oxygens (including phenoxy) is 2. The molecule has 0 fully saturated rings. The second kappa shape index (κ2) is 9.05. The van der Waals surface area contributed by atoms with Gasteiger partial charge in [-0.15, -0.1) is 5.10 Å². The molecule has 2 aromatic carbocycles. The molecule has 0 saturated heterocycles. The van der Waals surface area contributed by atoms with Gasteiger partial charge in [0.1, 0.15) is 18.1 Å². The van der Waals surface area contributed by atoms with Gasteiger partial charge in [-0.3, -0.25) is 0 Å². The largest absolute Gasteiger partial charge is 0.497 e. The number of hydrogen-bond donors (Lipinski definition) is 2. The third kappa shape index (κ3) is 5.46. The van der Waals surface area contributed by atoms with Gasteiger partial charge in [0.15, 0.2) is 5.82 Å². The molecule has 7 nitrogen and oxygen atoms in total. The molecule has 0 radical (unpaired) electrons. The zero-order valence-corrected chi connectivity index (χ0v) is 15.8. The molecular formula is C19H20ClN5O2. The van der Waals surface area contributed by atoms with E-state index in [0.29, 0.717) is 29.9 Å². The van der Waals surface area contributed by atoms with Crippen LogP contribution in [0.25, 0.3) is 0 Å². The Labute approximate surface area is 162 Å². The van der Waals surface area contributed by atoms with Crippen LogP contribution in [0.3, 0.4) is 0 Å². The zero-order valence-electron chi connectivity index (χ0n) is 15.1. The monoisotopic (exact) mass is 385 g/mol. The van der Waals surface area contributed by atoms with Gasteiger partial charge in [0.2, 0.25) is 5.95 Å². The molecule has 0 amide bonds. The minimum absolute atomic E-state index is 0.390. The van der Waals surface area contributed by atoms with Crippen LogP contribution in [0.2, 0.25) is 5.02 Å². The summed E-state index contributed by atoms with van der Waals surface area (Å²) in [6, 6.07) is 13.0. The normalized spacial score (nSPS) is 10.3. The molecule has 140 valence electrons. The Morgan fingerprint density at radius 3 is 2.63 bits per heavy atom. The molecule has 0 spiro atoms. The van der Waals surface area contributed by atoms with E-state index in [4.69, 9.17) is 21.1 Å². The highest BCUT2D eigenvalue weighted by Crippen LogP contribution is 2.22. The summed E-state index contributed by atoms with van der Waals surface area (Å²) in [5.74, 6) is 2.56. The van der Waals surface area contributed by atoms with Gasteiger partial charge in [-0.25, -0.2) is 0 Å². The van der Waals surface area contributed by atoms with Gasteiger partial charge in [0.05, 0.1) is 19.9 Å². The van der Waals surface area contributed by atoms with E-state index in [2.05, 4.69) is 25.8 Å². The average Bonchev–Trinajstić information content (AvgIpc) is 2.69. The van der Waals surface area contributed by atoms with E-state index in [1.807, 2.05) is 49.4 Å². The molecule has 27 heavy (non-hydrogen) atoms. The topological polar surface area (TPSA) is 81.2 Å². The van der Waals surface area contributed by atoms with Gasteiger partial charge in [0, 0.05) is 10.7 Å². The Kier molecular flexibility index (Phi) is 6.27. The van der Waals surface area contributed by atoms with Crippen molar-refractivity contribution in [3.05, 3.63) is 59.2 Å². The molecule has 0 unspecified atom stereocenters. The number of aryl methyl sites for hydroxylation is 1. The maximum absolute atomic E-state index is 6.04. The molecule has 1 aromatic heterocycles. The molecule has 1 heterocycles. The molecule has 0 bridgehead atoms. The van der Waals surface area contributed by atoms with Crippen molar-refractivity contribution in [3.63, 3.8) is 0 Å². The first-order valence-electron chi connectivity index (χ1n) is 8.37. The fourth-order valence-electron chi connectivity index (χ4n) is 2.31.